The molecule has 1 N–H and O–H groups in total. The van der Waals surface area contributed by atoms with Crippen molar-refractivity contribution in [3.05, 3.63) is 54.0 Å². The number of aromatic nitrogens is 2. The van der Waals surface area contributed by atoms with E-state index in [0.717, 1.165) is 6.26 Å². The van der Waals surface area contributed by atoms with E-state index >= 15 is 0 Å². The Balaban J connectivity index is 1.39. The van der Waals surface area contributed by atoms with Gasteiger partial charge in [-0.25, -0.2) is 21.8 Å². The van der Waals surface area contributed by atoms with E-state index in [9.17, 15) is 21.6 Å². The topological polar surface area (TPSA) is 126 Å². The van der Waals surface area contributed by atoms with Gasteiger partial charge in [-0.05, 0) is 43.2 Å². The van der Waals surface area contributed by atoms with E-state index in [4.69, 9.17) is 0 Å². The third kappa shape index (κ3) is 5.29. The Morgan fingerprint density at radius 3 is 2.42 bits per heavy atom. The van der Waals surface area contributed by atoms with E-state index in [1.165, 1.54) is 39.9 Å². The van der Waals surface area contributed by atoms with Gasteiger partial charge in [0.1, 0.15) is 5.69 Å². The van der Waals surface area contributed by atoms with Gasteiger partial charge in [0.05, 0.1) is 15.5 Å². The van der Waals surface area contributed by atoms with E-state index in [0.29, 0.717) is 29.4 Å². The second-order valence-corrected chi connectivity index (χ2v) is 12.5. The number of nitrogens with one attached hydrogen (secondary N) is 1. The molecule has 33 heavy (non-hydrogen) atoms. The van der Waals surface area contributed by atoms with Crippen LogP contribution in [0.5, 0.6) is 0 Å². The molecule has 1 aliphatic rings. The maximum atomic E-state index is 13.0. The molecule has 0 saturated carbocycles. The van der Waals surface area contributed by atoms with Crippen LogP contribution in [0, 0.1) is 5.92 Å². The van der Waals surface area contributed by atoms with Crippen LogP contribution < -0.4 is 5.32 Å². The number of rotatable bonds is 6. The maximum Gasteiger partial charge on any atom is 0.243 e. The Bertz CT molecular complexity index is 1360. The first-order valence-corrected chi connectivity index (χ1v) is 14.3. The first kappa shape index (κ1) is 23.5. The van der Waals surface area contributed by atoms with Crippen LogP contribution in [0.15, 0.2) is 63.8 Å². The van der Waals surface area contributed by atoms with E-state index in [1.54, 1.807) is 6.20 Å². The summed E-state index contributed by atoms with van der Waals surface area (Å²) in [5.74, 6) is -0.547. The summed E-state index contributed by atoms with van der Waals surface area (Å²) in [6.07, 6.45) is 3.42. The fourth-order valence-corrected chi connectivity index (χ4v) is 6.51. The van der Waals surface area contributed by atoms with E-state index in [1.807, 2.05) is 23.6 Å². The SMILES string of the molecule is CS(=O)(=O)c1cccc(S(=O)(=O)N2CCC(C(=O)Nc3nc(-c4ccccn4)cs3)CC2)c1. The average Bonchev–Trinajstić information content (AvgIpc) is 3.28. The molecule has 1 aromatic carbocycles. The van der Waals surface area contributed by atoms with Gasteiger partial charge in [-0.15, -0.1) is 11.3 Å². The molecule has 9 nitrogen and oxygen atoms in total. The molecule has 1 amide bonds. The number of sulfone groups is 1. The standard InChI is InChI=1S/C21H22N4O5S3/c1-32(27,28)16-5-4-6-17(13-16)33(29,30)25-11-8-15(9-12-25)20(26)24-21-23-19(14-31-21)18-7-2-3-10-22-18/h2-7,10,13-15H,8-9,11-12H2,1H3,(H,23,24,26). The largest absolute Gasteiger partial charge is 0.302 e. The molecular weight excluding hydrogens is 484 g/mol. The smallest absolute Gasteiger partial charge is 0.243 e. The van der Waals surface area contributed by atoms with Crippen molar-refractivity contribution in [1.82, 2.24) is 14.3 Å². The number of carbonyl (C=O) groups excluding carboxylic acids is 1. The van der Waals surface area contributed by atoms with E-state index in [-0.39, 0.29) is 34.7 Å². The van der Waals surface area contributed by atoms with Crippen LogP contribution in [-0.4, -0.2) is 56.4 Å². The van der Waals surface area contributed by atoms with Crippen molar-refractivity contribution >= 4 is 42.2 Å². The molecule has 3 aromatic rings. The van der Waals surface area contributed by atoms with Crippen molar-refractivity contribution in [3.63, 3.8) is 0 Å². The quantitative estimate of drug-likeness (QED) is 0.545. The first-order valence-electron chi connectivity index (χ1n) is 10.1. The van der Waals surface area contributed by atoms with Crippen molar-refractivity contribution in [2.45, 2.75) is 22.6 Å². The molecule has 0 radical (unpaired) electrons. The molecule has 12 heteroatoms. The maximum absolute atomic E-state index is 13.0. The van der Waals surface area contributed by atoms with Crippen LogP contribution in [0.25, 0.3) is 11.4 Å². The van der Waals surface area contributed by atoms with Gasteiger partial charge < -0.3 is 5.32 Å². The van der Waals surface area contributed by atoms with Crippen LogP contribution in [0.2, 0.25) is 0 Å². The van der Waals surface area contributed by atoms with Crippen LogP contribution >= 0.6 is 11.3 Å². The van der Waals surface area contributed by atoms with Crippen molar-refractivity contribution < 1.29 is 21.6 Å². The van der Waals surface area contributed by atoms with E-state index in [2.05, 4.69) is 15.3 Å². The molecule has 0 spiro atoms. The van der Waals surface area contributed by atoms with Crippen LogP contribution in [0.1, 0.15) is 12.8 Å². The summed E-state index contributed by atoms with van der Waals surface area (Å²) in [5.41, 5.74) is 1.39. The Morgan fingerprint density at radius 1 is 1.03 bits per heavy atom. The van der Waals surface area contributed by atoms with Gasteiger partial charge >= 0.3 is 0 Å². The first-order chi connectivity index (χ1) is 15.6. The van der Waals surface area contributed by atoms with Crippen LogP contribution in [-0.2, 0) is 24.7 Å². The second kappa shape index (κ2) is 9.29. The van der Waals surface area contributed by atoms with Gasteiger partial charge in [-0.3, -0.25) is 9.78 Å². The summed E-state index contributed by atoms with van der Waals surface area (Å²) < 4.78 is 50.8. The number of sulfonamides is 1. The molecule has 0 atom stereocenters. The lowest BCUT2D eigenvalue weighted by Gasteiger charge is -2.30. The molecule has 0 unspecified atom stereocenters. The lowest BCUT2D eigenvalue weighted by Crippen LogP contribution is -2.41. The number of nitrogens with zero attached hydrogens (tertiary/aromatic N) is 3. The van der Waals surface area contributed by atoms with Gasteiger partial charge in [-0.2, -0.15) is 4.31 Å². The summed E-state index contributed by atoms with van der Waals surface area (Å²) in [6.45, 7) is 0.334. The summed E-state index contributed by atoms with van der Waals surface area (Å²) in [5, 5.41) is 5.10. The lowest BCUT2D eigenvalue weighted by atomic mass is 9.97. The van der Waals surface area contributed by atoms with Crippen molar-refractivity contribution in [1.29, 1.82) is 0 Å². The zero-order valence-electron chi connectivity index (χ0n) is 17.7. The fourth-order valence-electron chi connectivity index (χ4n) is 3.54. The minimum Gasteiger partial charge on any atom is -0.302 e. The average molecular weight is 507 g/mol. The number of thiazole rings is 1. The van der Waals surface area contributed by atoms with Gasteiger partial charge in [0, 0.05) is 36.8 Å². The summed E-state index contributed by atoms with van der Waals surface area (Å²) in [6, 6.07) is 10.8. The number of pyridine rings is 1. The van der Waals surface area contributed by atoms with Crippen molar-refractivity contribution in [2.75, 3.05) is 24.7 Å². The molecule has 0 aliphatic carbocycles. The fraction of sp³-hybridized carbons (Fsp3) is 0.286. The number of benzene rings is 1. The number of hydrogen-bond acceptors (Lipinski definition) is 8. The molecule has 3 heterocycles. The zero-order valence-corrected chi connectivity index (χ0v) is 20.2. The molecular formula is C21H22N4O5S3. The number of anilines is 1. The summed E-state index contributed by atoms with van der Waals surface area (Å²) in [4.78, 5) is 21.2. The third-order valence-electron chi connectivity index (χ3n) is 5.36. The zero-order chi connectivity index (χ0) is 23.6. The van der Waals surface area contributed by atoms with Gasteiger partial charge in [0.15, 0.2) is 15.0 Å². The Hall–Kier alpha value is -2.67. The highest BCUT2D eigenvalue weighted by Crippen LogP contribution is 2.28. The van der Waals surface area contributed by atoms with Gasteiger partial charge in [0.25, 0.3) is 0 Å². The molecule has 1 fully saturated rings. The normalized spacial score (nSPS) is 15.9. The lowest BCUT2D eigenvalue weighted by molar-refractivity contribution is -0.120. The predicted molar refractivity (Wildman–Crippen MR) is 125 cm³/mol. The Morgan fingerprint density at radius 2 is 1.76 bits per heavy atom. The highest BCUT2D eigenvalue weighted by molar-refractivity contribution is 7.91. The minimum atomic E-state index is -3.86. The van der Waals surface area contributed by atoms with Crippen LogP contribution in [0.3, 0.4) is 0 Å². The molecule has 1 aliphatic heterocycles. The molecule has 1 saturated heterocycles. The molecule has 174 valence electrons. The Kier molecular flexibility index (Phi) is 6.61. The summed E-state index contributed by atoms with van der Waals surface area (Å²) >= 11 is 1.30. The predicted octanol–water partition coefficient (Wildman–Crippen LogP) is 2.65. The monoisotopic (exact) mass is 506 g/mol. The number of amides is 1. The molecule has 0 bridgehead atoms. The van der Waals surface area contributed by atoms with Crippen LogP contribution in [0.4, 0.5) is 5.13 Å². The summed E-state index contributed by atoms with van der Waals surface area (Å²) in [7, 11) is -7.39. The highest BCUT2D eigenvalue weighted by Gasteiger charge is 2.32. The molecule has 4 rings (SSSR count). The minimum absolute atomic E-state index is 0.0497. The Labute approximate surface area is 196 Å². The van der Waals surface area contributed by atoms with Gasteiger partial charge in [-0.1, -0.05) is 12.1 Å². The van der Waals surface area contributed by atoms with E-state index < -0.39 is 19.9 Å². The van der Waals surface area contributed by atoms with Crippen molar-refractivity contribution in [2.24, 2.45) is 5.92 Å². The van der Waals surface area contributed by atoms with Crippen molar-refractivity contribution in [3.8, 4) is 11.4 Å². The number of carbonyl (C=O) groups is 1. The molecule has 2 aromatic heterocycles. The number of hydrogen-bond donors (Lipinski definition) is 1. The number of piperidine rings is 1. The highest BCUT2D eigenvalue weighted by atomic mass is 32.2. The van der Waals surface area contributed by atoms with Gasteiger partial charge in [0.2, 0.25) is 15.9 Å². The third-order valence-corrected chi connectivity index (χ3v) is 9.12. The second-order valence-electron chi connectivity index (χ2n) is 7.67.